The van der Waals surface area contributed by atoms with Crippen molar-refractivity contribution in [2.75, 3.05) is 13.2 Å². The molecule has 2 aromatic rings. The number of benzene rings is 1. The smallest absolute Gasteiger partial charge is 0.326 e. The number of aromatic nitrogens is 1. The Kier molecular flexibility index (Phi) is 11.7. The van der Waals surface area contributed by atoms with Gasteiger partial charge in [0.15, 0.2) is 5.96 Å². The highest BCUT2D eigenvalue weighted by Crippen LogP contribution is 2.19. The zero-order valence-electron chi connectivity index (χ0n) is 21.5. The van der Waals surface area contributed by atoms with Crippen LogP contribution in [0.2, 0.25) is 0 Å². The lowest BCUT2D eigenvalue weighted by Crippen LogP contribution is -2.60. The first-order chi connectivity index (χ1) is 18.4. The lowest BCUT2D eigenvalue weighted by molar-refractivity contribution is -0.142. The summed E-state index contributed by atoms with van der Waals surface area (Å²) in [5.41, 5.74) is 17.6. The van der Waals surface area contributed by atoms with Crippen LogP contribution in [0.25, 0.3) is 10.9 Å². The predicted molar refractivity (Wildman–Crippen MR) is 142 cm³/mol. The SMILES string of the molecule is CC(O)C(NC(=O)C(N)CO)C(=O)NC(CCCN=C(N)N)C(=O)NC(Cc1c[nH]c2ccccc12)C(=O)O. The minimum absolute atomic E-state index is 0.00437. The van der Waals surface area contributed by atoms with Gasteiger partial charge < -0.3 is 53.5 Å². The zero-order chi connectivity index (χ0) is 29.1. The van der Waals surface area contributed by atoms with Gasteiger partial charge in [-0.2, -0.15) is 0 Å². The zero-order valence-corrected chi connectivity index (χ0v) is 21.5. The molecule has 1 aromatic heterocycles. The number of aliphatic hydroxyl groups is 2. The molecule has 0 saturated heterocycles. The number of carboxylic acid groups (broad SMARTS) is 1. The summed E-state index contributed by atoms with van der Waals surface area (Å²) in [4.78, 5) is 57.1. The summed E-state index contributed by atoms with van der Waals surface area (Å²) in [5.74, 6) is -4.07. The highest BCUT2D eigenvalue weighted by molar-refractivity contribution is 5.94. The molecule has 3 amide bonds. The molecule has 0 fully saturated rings. The van der Waals surface area contributed by atoms with E-state index in [9.17, 15) is 29.4 Å². The molecule has 0 radical (unpaired) electrons. The van der Waals surface area contributed by atoms with Crippen molar-refractivity contribution in [3.8, 4) is 0 Å². The number of rotatable bonds is 15. The quantitative estimate of drug-likeness (QED) is 0.0612. The third-order valence-corrected chi connectivity index (χ3v) is 5.89. The second-order valence-electron chi connectivity index (χ2n) is 8.99. The number of amides is 3. The number of aliphatic imine (C=N–C) groups is 1. The van der Waals surface area contributed by atoms with Crippen molar-refractivity contribution in [3.63, 3.8) is 0 Å². The van der Waals surface area contributed by atoms with Gasteiger partial charge in [-0.25, -0.2) is 4.79 Å². The second kappa shape index (κ2) is 14.7. The molecule has 0 bridgehead atoms. The van der Waals surface area contributed by atoms with Crippen LogP contribution in [0.1, 0.15) is 25.3 Å². The van der Waals surface area contributed by atoms with Gasteiger partial charge in [0.1, 0.15) is 24.2 Å². The van der Waals surface area contributed by atoms with E-state index in [0.29, 0.717) is 5.56 Å². The first-order valence-electron chi connectivity index (χ1n) is 12.2. The summed E-state index contributed by atoms with van der Waals surface area (Å²) < 4.78 is 0. The fraction of sp³-hybridized carbons (Fsp3) is 0.458. The molecule has 0 saturated carbocycles. The van der Waals surface area contributed by atoms with Gasteiger partial charge in [-0.15, -0.1) is 0 Å². The number of hydrogen-bond donors (Lipinski definition) is 10. The Hall–Kier alpha value is -4.21. The van der Waals surface area contributed by atoms with Gasteiger partial charge >= 0.3 is 5.97 Å². The number of aliphatic hydroxyl groups excluding tert-OH is 2. The molecule has 0 aliphatic carbocycles. The van der Waals surface area contributed by atoms with E-state index in [2.05, 4.69) is 25.9 Å². The van der Waals surface area contributed by atoms with E-state index in [1.807, 2.05) is 18.2 Å². The number of nitrogens with one attached hydrogen (secondary N) is 4. The number of aromatic amines is 1. The number of para-hydroxylation sites is 1. The monoisotopic (exact) mass is 548 g/mol. The van der Waals surface area contributed by atoms with Gasteiger partial charge in [-0.1, -0.05) is 18.2 Å². The molecule has 1 aromatic carbocycles. The minimum Gasteiger partial charge on any atom is -0.480 e. The van der Waals surface area contributed by atoms with Crippen LogP contribution in [-0.2, 0) is 25.6 Å². The Morgan fingerprint density at radius 1 is 1.03 bits per heavy atom. The molecule has 1 heterocycles. The number of carboxylic acids is 1. The number of guanidine groups is 1. The predicted octanol–water partition coefficient (Wildman–Crippen LogP) is -3.00. The maximum Gasteiger partial charge on any atom is 0.326 e. The first-order valence-corrected chi connectivity index (χ1v) is 12.2. The van der Waals surface area contributed by atoms with Crippen molar-refractivity contribution in [3.05, 3.63) is 36.0 Å². The van der Waals surface area contributed by atoms with Gasteiger partial charge in [0.2, 0.25) is 17.7 Å². The van der Waals surface area contributed by atoms with E-state index in [4.69, 9.17) is 22.3 Å². The molecule has 2 rings (SSSR count). The molecule has 5 atom stereocenters. The molecule has 39 heavy (non-hydrogen) atoms. The third kappa shape index (κ3) is 9.24. The van der Waals surface area contributed by atoms with Crippen molar-refractivity contribution < 1.29 is 34.5 Å². The Balaban J connectivity index is 2.21. The van der Waals surface area contributed by atoms with Crippen LogP contribution in [0.3, 0.4) is 0 Å². The van der Waals surface area contributed by atoms with Gasteiger partial charge in [-0.05, 0) is 31.4 Å². The molecular weight excluding hydrogens is 512 g/mol. The molecule has 0 spiro atoms. The highest BCUT2D eigenvalue weighted by Gasteiger charge is 2.32. The maximum absolute atomic E-state index is 13.2. The average molecular weight is 549 g/mol. The summed E-state index contributed by atoms with van der Waals surface area (Å²) >= 11 is 0. The number of hydrogen-bond acceptors (Lipinski definition) is 8. The molecule has 5 unspecified atom stereocenters. The molecule has 214 valence electrons. The Labute approximate surface area is 224 Å². The maximum atomic E-state index is 13.2. The Bertz CT molecular complexity index is 1180. The summed E-state index contributed by atoms with van der Waals surface area (Å²) in [6.07, 6.45) is 0.472. The van der Waals surface area contributed by atoms with Crippen molar-refractivity contribution in [1.82, 2.24) is 20.9 Å². The molecular formula is C24H36N8O7. The molecule has 0 aliphatic heterocycles. The van der Waals surface area contributed by atoms with Gasteiger partial charge in [0, 0.05) is 30.1 Å². The number of nitrogens with two attached hydrogens (primary N) is 3. The highest BCUT2D eigenvalue weighted by atomic mass is 16.4. The topological polar surface area (TPSA) is 271 Å². The van der Waals surface area contributed by atoms with Crippen LogP contribution < -0.4 is 33.2 Å². The number of H-pyrrole nitrogens is 1. The second-order valence-corrected chi connectivity index (χ2v) is 8.99. The van der Waals surface area contributed by atoms with Gasteiger partial charge in [0.25, 0.3) is 0 Å². The molecule has 13 N–H and O–H groups in total. The summed E-state index contributed by atoms with van der Waals surface area (Å²) in [7, 11) is 0. The molecule has 0 aliphatic rings. The number of aliphatic carboxylic acids is 1. The lowest BCUT2D eigenvalue weighted by Gasteiger charge is -2.26. The summed E-state index contributed by atoms with van der Waals surface area (Å²) in [5, 5.41) is 36.9. The minimum atomic E-state index is -1.51. The fourth-order valence-corrected chi connectivity index (χ4v) is 3.78. The van der Waals surface area contributed by atoms with Gasteiger partial charge in [0.05, 0.1) is 12.7 Å². The first kappa shape index (κ1) is 31.0. The van der Waals surface area contributed by atoms with E-state index in [0.717, 1.165) is 10.9 Å². The van der Waals surface area contributed by atoms with Crippen LogP contribution >= 0.6 is 0 Å². The third-order valence-electron chi connectivity index (χ3n) is 5.89. The lowest BCUT2D eigenvalue weighted by atomic mass is 10.0. The number of fused-ring (bicyclic) bond motifs is 1. The van der Waals surface area contributed by atoms with Crippen LogP contribution in [0.5, 0.6) is 0 Å². The van der Waals surface area contributed by atoms with Crippen LogP contribution in [0, 0.1) is 0 Å². The van der Waals surface area contributed by atoms with E-state index >= 15 is 0 Å². The van der Waals surface area contributed by atoms with Crippen molar-refractivity contribution >= 4 is 40.6 Å². The van der Waals surface area contributed by atoms with E-state index in [1.54, 1.807) is 12.3 Å². The summed E-state index contributed by atoms with van der Waals surface area (Å²) in [6.45, 7) is 0.675. The van der Waals surface area contributed by atoms with Crippen molar-refractivity contribution in [1.29, 1.82) is 0 Å². The van der Waals surface area contributed by atoms with E-state index in [-0.39, 0.29) is 31.8 Å². The Morgan fingerprint density at radius 2 is 1.69 bits per heavy atom. The van der Waals surface area contributed by atoms with E-state index < -0.39 is 60.6 Å². The van der Waals surface area contributed by atoms with Gasteiger partial charge in [-0.3, -0.25) is 19.4 Å². The molecule has 15 heteroatoms. The van der Waals surface area contributed by atoms with Crippen molar-refractivity contribution in [2.24, 2.45) is 22.2 Å². The number of carbonyl (C=O) groups excluding carboxylic acids is 3. The average Bonchev–Trinajstić information content (AvgIpc) is 3.30. The standard InChI is InChI=1S/C24H36N8O7/c1-12(34)19(32-20(35)15(25)11-33)22(37)30-17(7-4-8-28-24(26)27)21(36)31-18(23(38)39)9-13-10-29-16-6-3-2-5-14(13)16/h2-3,5-6,10,12,15,17-19,29,33-34H,4,7-9,11,25H2,1H3,(H,30,37)(H,31,36)(H,32,35)(H,38,39)(H4,26,27,28). The van der Waals surface area contributed by atoms with Crippen LogP contribution in [0.15, 0.2) is 35.5 Å². The van der Waals surface area contributed by atoms with Crippen LogP contribution in [-0.4, -0.2) is 93.4 Å². The van der Waals surface area contributed by atoms with Crippen LogP contribution in [0.4, 0.5) is 0 Å². The Morgan fingerprint density at radius 3 is 2.31 bits per heavy atom. The van der Waals surface area contributed by atoms with E-state index in [1.165, 1.54) is 6.92 Å². The molecule has 15 nitrogen and oxygen atoms in total. The number of nitrogens with zero attached hydrogens (tertiary/aromatic N) is 1. The largest absolute Gasteiger partial charge is 0.480 e. The fourth-order valence-electron chi connectivity index (χ4n) is 3.78. The number of carbonyl (C=O) groups is 4. The summed E-state index contributed by atoms with van der Waals surface area (Å²) in [6, 6.07) is 1.85. The van der Waals surface area contributed by atoms with Crippen molar-refractivity contribution in [2.45, 2.75) is 56.5 Å². The normalized spacial score (nSPS) is 14.9.